The molecule has 0 unspecified atom stereocenters. The van der Waals surface area contributed by atoms with Crippen molar-refractivity contribution in [3.63, 3.8) is 0 Å². The van der Waals surface area contributed by atoms with E-state index < -0.39 is 0 Å². The van der Waals surface area contributed by atoms with Gasteiger partial charge in [0.25, 0.3) is 0 Å². The van der Waals surface area contributed by atoms with Crippen LogP contribution in [0.5, 0.6) is 0 Å². The van der Waals surface area contributed by atoms with Crippen LogP contribution in [0.1, 0.15) is 115 Å². The quantitative estimate of drug-likeness (QED) is 0.214. The topological polar surface area (TPSA) is 38.3 Å². The minimum atomic E-state index is -0.275. The highest BCUT2D eigenvalue weighted by molar-refractivity contribution is 7.09. The summed E-state index contributed by atoms with van der Waals surface area (Å²) in [6.07, 6.45) is 22.4. The molecule has 1 N–H and O–H groups in total. The Labute approximate surface area is 184 Å². The van der Waals surface area contributed by atoms with Gasteiger partial charge in [0.05, 0.1) is 6.61 Å². The summed E-state index contributed by atoms with van der Waals surface area (Å²) >= 11 is 1.70. The van der Waals surface area contributed by atoms with Crippen LogP contribution in [0.3, 0.4) is 0 Å². The highest BCUT2D eigenvalue weighted by atomic mass is 32.1. The first-order valence-electron chi connectivity index (χ1n) is 12.3. The SMILES string of the molecule is CCCCCCCCCCCCCCCCCCNC(=O)OCCc1cccs1. The highest BCUT2D eigenvalue weighted by Gasteiger charge is 2.02. The third-order valence-corrected chi connectivity index (χ3v) is 6.40. The Kier molecular flexibility index (Phi) is 18.2. The summed E-state index contributed by atoms with van der Waals surface area (Å²) in [4.78, 5) is 12.9. The third kappa shape index (κ3) is 17.5. The Hall–Kier alpha value is -1.03. The molecule has 0 aliphatic carbocycles. The number of rotatable bonds is 20. The van der Waals surface area contributed by atoms with Gasteiger partial charge in [-0.15, -0.1) is 11.3 Å². The lowest BCUT2D eigenvalue weighted by atomic mass is 10.0. The van der Waals surface area contributed by atoms with E-state index in [9.17, 15) is 4.79 Å². The van der Waals surface area contributed by atoms with Crippen molar-refractivity contribution in [2.24, 2.45) is 0 Å². The van der Waals surface area contributed by atoms with Gasteiger partial charge in [0.15, 0.2) is 0 Å². The van der Waals surface area contributed by atoms with Crippen LogP contribution in [-0.4, -0.2) is 19.2 Å². The predicted molar refractivity (Wildman–Crippen MR) is 127 cm³/mol. The molecule has 1 amide bonds. The molecule has 1 aromatic heterocycles. The average Bonchev–Trinajstić information content (AvgIpc) is 3.24. The molecule has 3 nitrogen and oxygen atoms in total. The van der Waals surface area contributed by atoms with Crippen LogP contribution in [0.25, 0.3) is 0 Å². The van der Waals surface area contributed by atoms with Gasteiger partial charge in [-0.2, -0.15) is 0 Å². The lowest BCUT2D eigenvalue weighted by Gasteiger charge is -2.06. The van der Waals surface area contributed by atoms with Gasteiger partial charge in [-0.3, -0.25) is 0 Å². The number of carbonyl (C=O) groups excluding carboxylic acids is 1. The molecular formula is C25H45NO2S. The first-order chi connectivity index (χ1) is 14.3. The normalized spacial score (nSPS) is 10.9. The molecule has 1 rings (SSSR count). The summed E-state index contributed by atoms with van der Waals surface area (Å²) in [6.45, 7) is 3.48. The summed E-state index contributed by atoms with van der Waals surface area (Å²) < 4.78 is 5.20. The highest BCUT2D eigenvalue weighted by Crippen LogP contribution is 2.13. The summed E-state index contributed by atoms with van der Waals surface area (Å²) in [5.74, 6) is 0. The molecule has 0 radical (unpaired) electrons. The summed E-state index contributed by atoms with van der Waals surface area (Å²) in [7, 11) is 0. The first kappa shape index (κ1) is 26.0. The lowest BCUT2D eigenvalue weighted by Crippen LogP contribution is -2.26. The number of ether oxygens (including phenoxy) is 1. The molecule has 168 valence electrons. The standard InChI is InChI=1S/C25H45NO2S/c1-2-3-4-5-6-7-8-9-10-11-12-13-14-15-16-17-21-26-25(27)28-22-20-24-19-18-23-29-24/h18-19,23H,2-17,20-22H2,1H3,(H,26,27). The van der Waals surface area contributed by atoms with Gasteiger partial charge in [-0.1, -0.05) is 109 Å². The number of amides is 1. The van der Waals surface area contributed by atoms with Crippen molar-refractivity contribution in [2.45, 2.75) is 116 Å². The van der Waals surface area contributed by atoms with E-state index in [1.165, 1.54) is 101 Å². The largest absolute Gasteiger partial charge is 0.449 e. The van der Waals surface area contributed by atoms with E-state index in [0.717, 1.165) is 19.4 Å². The van der Waals surface area contributed by atoms with Gasteiger partial charge >= 0.3 is 6.09 Å². The first-order valence-corrected chi connectivity index (χ1v) is 13.1. The van der Waals surface area contributed by atoms with E-state index in [-0.39, 0.29) is 6.09 Å². The smallest absolute Gasteiger partial charge is 0.407 e. The minimum Gasteiger partial charge on any atom is -0.449 e. The Morgan fingerprint density at radius 1 is 0.828 bits per heavy atom. The van der Waals surface area contributed by atoms with Gasteiger partial charge in [-0.25, -0.2) is 4.79 Å². The van der Waals surface area contributed by atoms with Crippen molar-refractivity contribution in [1.29, 1.82) is 0 Å². The van der Waals surface area contributed by atoms with E-state index in [4.69, 9.17) is 4.74 Å². The molecule has 0 atom stereocenters. The Balaban J connectivity index is 1.71. The maximum absolute atomic E-state index is 11.6. The summed E-state index contributed by atoms with van der Waals surface area (Å²) in [6, 6.07) is 4.10. The monoisotopic (exact) mass is 423 g/mol. The zero-order valence-corrected chi connectivity index (χ0v) is 19.7. The van der Waals surface area contributed by atoms with E-state index in [2.05, 4.69) is 18.3 Å². The van der Waals surface area contributed by atoms with Gasteiger partial charge in [0.2, 0.25) is 0 Å². The van der Waals surface area contributed by atoms with Crippen LogP contribution >= 0.6 is 11.3 Å². The van der Waals surface area contributed by atoms with Gasteiger partial charge in [-0.05, 0) is 17.9 Å². The van der Waals surface area contributed by atoms with Crippen molar-refractivity contribution in [2.75, 3.05) is 13.2 Å². The number of nitrogens with one attached hydrogen (secondary N) is 1. The molecule has 1 aromatic rings. The second-order valence-corrected chi connectivity index (χ2v) is 9.23. The zero-order valence-electron chi connectivity index (χ0n) is 18.9. The van der Waals surface area contributed by atoms with Gasteiger partial charge in [0, 0.05) is 17.8 Å². The second kappa shape index (κ2) is 20.3. The molecule has 0 aliphatic heterocycles. The molecule has 4 heteroatoms. The summed E-state index contributed by atoms with van der Waals surface area (Å²) in [5.41, 5.74) is 0. The number of hydrogen-bond acceptors (Lipinski definition) is 3. The number of carbonyl (C=O) groups is 1. The van der Waals surface area contributed by atoms with Crippen molar-refractivity contribution in [3.8, 4) is 0 Å². The van der Waals surface area contributed by atoms with Crippen LogP contribution in [0.4, 0.5) is 4.79 Å². The minimum absolute atomic E-state index is 0.275. The van der Waals surface area contributed by atoms with Crippen molar-refractivity contribution < 1.29 is 9.53 Å². The third-order valence-electron chi connectivity index (χ3n) is 5.46. The Morgan fingerprint density at radius 2 is 1.34 bits per heavy atom. The molecule has 0 aromatic carbocycles. The van der Waals surface area contributed by atoms with Crippen molar-refractivity contribution in [3.05, 3.63) is 22.4 Å². The molecule has 0 aliphatic rings. The predicted octanol–water partition coefficient (Wildman–Crippen LogP) is 8.28. The maximum atomic E-state index is 11.6. The number of hydrogen-bond donors (Lipinski definition) is 1. The molecule has 0 bridgehead atoms. The Bertz CT molecular complexity index is 461. The van der Waals surface area contributed by atoms with E-state index in [1.807, 2.05) is 11.4 Å². The molecule has 0 saturated carbocycles. The van der Waals surface area contributed by atoms with Crippen LogP contribution in [0.2, 0.25) is 0 Å². The molecule has 0 fully saturated rings. The number of thiophene rings is 1. The van der Waals surface area contributed by atoms with E-state index >= 15 is 0 Å². The summed E-state index contributed by atoms with van der Waals surface area (Å²) in [5, 5.41) is 4.90. The van der Waals surface area contributed by atoms with Gasteiger partial charge in [0.1, 0.15) is 0 Å². The fourth-order valence-electron chi connectivity index (χ4n) is 3.61. The van der Waals surface area contributed by atoms with E-state index in [1.54, 1.807) is 11.3 Å². The number of unbranched alkanes of at least 4 members (excludes halogenated alkanes) is 15. The molecular weight excluding hydrogens is 378 g/mol. The Morgan fingerprint density at radius 3 is 1.83 bits per heavy atom. The fourth-order valence-corrected chi connectivity index (χ4v) is 4.30. The average molecular weight is 424 g/mol. The van der Waals surface area contributed by atoms with Crippen LogP contribution in [0.15, 0.2) is 17.5 Å². The van der Waals surface area contributed by atoms with Crippen LogP contribution in [0, 0.1) is 0 Å². The van der Waals surface area contributed by atoms with Crippen molar-refractivity contribution in [1.82, 2.24) is 5.32 Å². The van der Waals surface area contributed by atoms with Gasteiger partial charge < -0.3 is 10.1 Å². The lowest BCUT2D eigenvalue weighted by molar-refractivity contribution is 0.147. The molecule has 1 heterocycles. The fraction of sp³-hybridized carbons (Fsp3) is 0.800. The zero-order chi connectivity index (χ0) is 20.8. The number of alkyl carbamates (subject to hydrolysis) is 1. The van der Waals surface area contributed by atoms with Crippen molar-refractivity contribution >= 4 is 17.4 Å². The van der Waals surface area contributed by atoms with Crippen LogP contribution < -0.4 is 5.32 Å². The molecule has 29 heavy (non-hydrogen) atoms. The molecule has 0 saturated heterocycles. The molecule has 0 spiro atoms. The van der Waals surface area contributed by atoms with Crippen LogP contribution in [-0.2, 0) is 11.2 Å². The maximum Gasteiger partial charge on any atom is 0.407 e. The van der Waals surface area contributed by atoms with E-state index in [0.29, 0.717) is 6.61 Å². The second-order valence-electron chi connectivity index (χ2n) is 8.20.